The van der Waals surface area contributed by atoms with Crippen LogP contribution in [0.15, 0.2) is 29.0 Å². The van der Waals surface area contributed by atoms with Crippen LogP contribution in [0, 0.1) is 5.92 Å². The molecule has 1 N–H and O–H groups in total. The van der Waals surface area contributed by atoms with E-state index < -0.39 is 0 Å². The molecule has 2 amide bonds. The molecule has 0 atom stereocenters. The lowest BCUT2D eigenvalue weighted by molar-refractivity contribution is 0.0684. The highest BCUT2D eigenvalue weighted by atomic mass is 79.9. The number of hydrogen-bond donors (Lipinski definition) is 1. The first kappa shape index (κ1) is 22.1. The SMILES string of the molecule is CCOc1c(Br)cc(C(=O)N2CCC(CNC(=O)c3cnn(C)c3)CC2)cc1OC. The number of carbonyl (C=O) groups excluding carboxylic acids is 2. The molecule has 2 aromatic rings. The molecule has 0 saturated carbocycles. The summed E-state index contributed by atoms with van der Waals surface area (Å²) < 4.78 is 13.3. The zero-order valence-electron chi connectivity index (χ0n) is 17.5. The Labute approximate surface area is 184 Å². The van der Waals surface area contributed by atoms with E-state index >= 15 is 0 Å². The Bertz CT molecular complexity index is 906. The molecule has 162 valence electrons. The summed E-state index contributed by atoms with van der Waals surface area (Å²) in [6, 6.07) is 3.49. The van der Waals surface area contributed by atoms with E-state index in [0.29, 0.717) is 59.3 Å². The molecule has 30 heavy (non-hydrogen) atoms. The van der Waals surface area contributed by atoms with E-state index in [4.69, 9.17) is 9.47 Å². The Morgan fingerprint density at radius 1 is 1.27 bits per heavy atom. The van der Waals surface area contributed by atoms with Crippen LogP contribution in [0.25, 0.3) is 0 Å². The number of likely N-dealkylation sites (tertiary alicyclic amines) is 1. The molecule has 0 unspecified atom stereocenters. The third-order valence-electron chi connectivity index (χ3n) is 5.19. The van der Waals surface area contributed by atoms with Gasteiger partial charge < -0.3 is 19.7 Å². The summed E-state index contributed by atoms with van der Waals surface area (Å²) in [5.74, 6) is 1.32. The lowest BCUT2D eigenvalue weighted by Gasteiger charge is -2.32. The Balaban J connectivity index is 1.55. The fraction of sp³-hybridized carbons (Fsp3) is 0.476. The van der Waals surface area contributed by atoms with Crippen molar-refractivity contribution in [3.05, 3.63) is 40.1 Å². The monoisotopic (exact) mass is 478 g/mol. The highest BCUT2D eigenvalue weighted by Gasteiger charge is 2.25. The van der Waals surface area contributed by atoms with Crippen LogP contribution in [-0.4, -0.2) is 59.8 Å². The second-order valence-corrected chi connectivity index (χ2v) is 8.13. The molecular weight excluding hydrogens is 452 g/mol. The lowest BCUT2D eigenvalue weighted by atomic mass is 9.96. The normalized spacial score (nSPS) is 14.5. The maximum Gasteiger partial charge on any atom is 0.254 e. The zero-order chi connectivity index (χ0) is 21.7. The molecule has 0 aliphatic carbocycles. The van der Waals surface area contributed by atoms with Gasteiger partial charge in [0.2, 0.25) is 0 Å². The first-order chi connectivity index (χ1) is 14.4. The molecule has 1 aliphatic rings. The minimum atomic E-state index is -0.118. The van der Waals surface area contributed by atoms with Gasteiger partial charge in [0, 0.05) is 38.4 Å². The third kappa shape index (κ3) is 5.13. The molecule has 1 fully saturated rings. The Morgan fingerprint density at radius 3 is 2.60 bits per heavy atom. The molecule has 8 nitrogen and oxygen atoms in total. The van der Waals surface area contributed by atoms with Crippen LogP contribution in [-0.2, 0) is 7.05 Å². The number of methoxy groups -OCH3 is 1. The average molecular weight is 479 g/mol. The molecular formula is C21H27BrN4O4. The molecule has 0 radical (unpaired) electrons. The van der Waals surface area contributed by atoms with E-state index in [2.05, 4.69) is 26.3 Å². The van der Waals surface area contributed by atoms with Crippen LogP contribution in [0.5, 0.6) is 11.5 Å². The number of halogens is 1. The van der Waals surface area contributed by atoms with Crippen molar-refractivity contribution in [1.29, 1.82) is 0 Å². The van der Waals surface area contributed by atoms with E-state index in [9.17, 15) is 9.59 Å². The Morgan fingerprint density at radius 2 is 2.00 bits per heavy atom. The van der Waals surface area contributed by atoms with Crippen molar-refractivity contribution in [2.75, 3.05) is 33.4 Å². The van der Waals surface area contributed by atoms with Gasteiger partial charge >= 0.3 is 0 Å². The molecule has 0 spiro atoms. The number of nitrogens with zero attached hydrogens (tertiary/aromatic N) is 3. The first-order valence-electron chi connectivity index (χ1n) is 9.99. The van der Waals surface area contributed by atoms with Crippen molar-refractivity contribution in [3.8, 4) is 11.5 Å². The van der Waals surface area contributed by atoms with Gasteiger partial charge in [0.05, 0.1) is 29.9 Å². The number of aromatic nitrogens is 2. The van der Waals surface area contributed by atoms with Gasteiger partial charge in [0.25, 0.3) is 11.8 Å². The van der Waals surface area contributed by atoms with Gasteiger partial charge in [-0.3, -0.25) is 14.3 Å². The van der Waals surface area contributed by atoms with E-state index in [1.54, 1.807) is 43.4 Å². The van der Waals surface area contributed by atoms with Gasteiger partial charge in [-0.1, -0.05) is 0 Å². The first-order valence-corrected chi connectivity index (χ1v) is 10.8. The topological polar surface area (TPSA) is 85.7 Å². The summed E-state index contributed by atoms with van der Waals surface area (Å²) in [5, 5.41) is 6.98. The minimum Gasteiger partial charge on any atom is -0.493 e. The second kappa shape index (κ2) is 9.97. The minimum absolute atomic E-state index is 0.0325. The van der Waals surface area contributed by atoms with Gasteiger partial charge in [0.1, 0.15) is 0 Å². The van der Waals surface area contributed by atoms with Crippen molar-refractivity contribution >= 4 is 27.7 Å². The van der Waals surface area contributed by atoms with Gasteiger partial charge in [-0.15, -0.1) is 0 Å². The molecule has 1 aromatic carbocycles. The van der Waals surface area contributed by atoms with Crippen LogP contribution in [0.3, 0.4) is 0 Å². The molecule has 1 aliphatic heterocycles. The number of ether oxygens (including phenoxy) is 2. The lowest BCUT2D eigenvalue weighted by Crippen LogP contribution is -2.41. The molecule has 9 heteroatoms. The highest BCUT2D eigenvalue weighted by Crippen LogP contribution is 2.37. The summed E-state index contributed by atoms with van der Waals surface area (Å²) in [7, 11) is 3.34. The molecule has 0 bridgehead atoms. The summed E-state index contributed by atoms with van der Waals surface area (Å²) in [6.45, 7) is 4.30. The summed E-state index contributed by atoms with van der Waals surface area (Å²) in [6.07, 6.45) is 4.93. The van der Waals surface area contributed by atoms with Crippen molar-refractivity contribution in [1.82, 2.24) is 20.0 Å². The number of benzene rings is 1. The van der Waals surface area contributed by atoms with E-state index in [1.807, 2.05) is 11.8 Å². The molecule has 2 heterocycles. The van der Waals surface area contributed by atoms with Crippen molar-refractivity contribution in [3.63, 3.8) is 0 Å². The standard InChI is InChI=1S/C21H27BrN4O4/c1-4-30-19-17(22)9-15(10-18(19)29-3)21(28)26-7-5-14(6-8-26)11-23-20(27)16-12-24-25(2)13-16/h9-10,12-14H,4-8,11H2,1-3H3,(H,23,27). The number of amides is 2. The van der Waals surface area contributed by atoms with E-state index in [1.165, 1.54) is 0 Å². The summed E-state index contributed by atoms with van der Waals surface area (Å²) in [4.78, 5) is 27.0. The second-order valence-electron chi connectivity index (χ2n) is 7.27. The third-order valence-corrected chi connectivity index (χ3v) is 5.77. The molecule has 1 saturated heterocycles. The number of rotatable bonds is 7. The van der Waals surface area contributed by atoms with Crippen LogP contribution >= 0.6 is 15.9 Å². The maximum atomic E-state index is 13.0. The highest BCUT2D eigenvalue weighted by molar-refractivity contribution is 9.10. The Hall–Kier alpha value is -2.55. The summed E-state index contributed by atoms with van der Waals surface area (Å²) in [5.41, 5.74) is 1.12. The van der Waals surface area contributed by atoms with Crippen LogP contribution < -0.4 is 14.8 Å². The maximum absolute atomic E-state index is 13.0. The number of piperidine rings is 1. The predicted molar refractivity (Wildman–Crippen MR) is 116 cm³/mol. The van der Waals surface area contributed by atoms with Gasteiger partial charge in [0.15, 0.2) is 11.5 Å². The van der Waals surface area contributed by atoms with Crippen molar-refractivity contribution in [2.24, 2.45) is 13.0 Å². The van der Waals surface area contributed by atoms with Gasteiger partial charge in [-0.25, -0.2) is 0 Å². The van der Waals surface area contributed by atoms with Crippen LogP contribution in [0.4, 0.5) is 0 Å². The number of hydrogen-bond acceptors (Lipinski definition) is 5. The quantitative estimate of drug-likeness (QED) is 0.660. The number of aryl methyl sites for hydroxylation is 1. The van der Waals surface area contributed by atoms with Crippen LogP contribution in [0.1, 0.15) is 40.5 Å². The Kier molecular flexibility index (Phi) is 7.36. The van der Waals surface area contributed by atoms with Crippen molar-refractivity contribution < 1.29 is 19.1 Å². The van der Waals surface area contributed by atoms with Crippen LogP contribution in [0.2, 0.25) is 0 Å². The smallest absolute Gasteiger partial charge is 0.254 e. The molecule has 1 aromatic heterocycles. The molecule has 3 rings (SSSR count). The predicted octanol–water partition coefficient (Wildman–Crippen LogP) is 2.87. The van der Waals surface area contributed by atoms with Gasteiger partial charge in [-0.2, -0.15) is 5.10 Å². The number of nitrogens with one attached hydrogen (secondary N) is 1. The van der Waals surface area contributed by atoms with Gasteiger partial charge in [-0.05, 0) is 53.7 Å². The largest absolute Gasteiger partial charge is 0.493 e. The average Bonchev–Trinajstić information content (AvgIpc) is 3.19. The fourth-order valence-electron chi connectivity index (χ4n) is 3.53. The summed E-state index contributed by atoms with van der Waals surface area (Å²) >= 11 is 3.47. The van der Waals surface area contributed by atoms with E-state index in [0.717, 1.165) is 12.8 Å². The fourth-order valence-corrected chi connectivity index (χ4v) is 4.08. The zero-order valence-corrected chi connectivity index (χ0v) is 19.1. The van der Waals surface area contributed by atoms with E-state index in [-0.39, 0.29) is 11.8 Å². The van der Waals surface area contributed by atoms with Crippen molar-refractivity contribution in [2.45, 2.75) is 19.8 Å². The number of carbonyl (C=O) groups is 2.